The molecular formula is C21H37FIN5O2. The molecule has 1 aliphatic heterocycles. The first-order chi connectivity index (χ1) is 14.2. The largest absolute Gasteiger partial charge is 0.382 e. The van der Waals surface area contributed by atoms with Crippen LogP contribution in [0, 0.1) is 5.82 Å². The van der Waals surface area contributed by atoms with Crippen LogP contribution in [0.15, 0.2) is 23.2 Å². The van der Waals surface area contributed by atoms with Crippen LogP contribution in [-0.4, -0.2) is 84.1 Å². The van der Waals surface area contributed by atoms with E-state index in [0.29, 0.717) is 38.0 Å². The smallest absolute Gasteiger partial charge is 0.191 e. The molecule has 0 aliphatic carbocycles. The molecule has 0 bridgehead atoms. The van der Waals surface area contributed by atoms with Crippen LogP contribution in [0.4, 0.5) is 10.1 Å². The Bertz CT molecular complexity index is 627. The summed E-state index contributed by atoms with van der Waals surface area (Å²) in [7, 11) is 3.39. The molecule has 0 spiro atoms. The molecule has 1 fully saturated rings. The summed E-state index contributed by atoms with van der Waals surface area (Å²) in [4.78, 5) is 8.72. The third-order valence-electron chi connectivity index (χ3n) is 5.05. The topological polar surface area (TPSA) is 61.4 Å². The summed E-state index contributed by atoms with van der Waals surface area (Å²) in [6.45, 7) is 10.1. The van der Waals surface area contributed by atoms with Crippen LogP contribution in [0.3, 0.4) is 0 Å². The number of hydrogen-bond donors (Lipinski definition) is 2. The molecule has 30 heavy (non-hydrogen) atoms. The van der Waals surface area contributed by atoms with E-state index in [1.165, 1.54) is 0 Å². The van der Waals surface area contributed by atoms with Crippen molar-refractivity contribution in [2.75, 3.05) is 78.1 Å². The summed E-state index contributed by atoms with van der Waals surface area (Å²) in [5.74, 6) is 0.535. The summed E-state index contributed by atoms with van der Waals surface area (Å²) in [5.41, 5.74) is 1.59. The molecule has 2 N–H and O–H groups in total. The molecule has 1 heterocycles. The lowest BCUT2D eigenvalue weighted by Crippen LogP contribution is -2.46. The van der Waals surface area contributed by atoms with E-state index in [2.05, 4.69) is 32.3 Å². The lowest BCUT2D eigenvalue weighted by molar-refractivity contribution is 0.0698. The average Bonchev–Trinajstić information content (AvgIpc) is 2.75. The number of piperazine rings is 1. The lowest BCUT2D eigenvalue weighted by atomic mass is 10.1. The van der Waals surface area contributed by atoms with Crippen molar-refractivity contribution < 1.29 is 13.9 Å². The number of ether oxygens (including phenoxy) is 2. The Morgan fingerprint density at radius 2 is 1.90 bits per heavy atom. The molecule has 0 aromatic heterocycles. The molecule has 0 amide bonds. The normalized spacial score (nSPS) is 15.1. The molecule has 2 rings (SSSR count). The molecule has 0 atom stereocenters. The second-order valence-electron chi connectivity index (χ2n) is 7.02. The van der Waals surface area contributed by atoms with Crippen LogP contribution in [0.25, 0.3) is 0 Å². The third-order valence-corrected chi connectivity index (χ3v) is 5.05. The molecule has 172 valence electrons. The zero-order valence-electron chi connectivity index (χ0n) is 18.5. The first-order valence-corrected chi connectivity index (χ1v) is 10.4. The first-order valence-electron chi connectivity index (χ1n) is 10.4. The van der Waals surface area contributed by atoms with Gasteiger partial charge in [0.2, 0.25) is 0 Å². The molecule has 1 aromatic rings. The van der Waals surface area contributed by atoms with Gasteiger partial charge in [0.25, 0.3) is 0 Å². The van der Waals surface area contributed by atoms with Gasteiger partial charge in [-0.25, -0.2) is 4.39 Å². The van der Waals surface area contributed by atoms with Crippen molar-refractivity contribution in [3.63, 3.8) is 0 Å². The highest BCUT2D eigenvalue weighted by atomic mass is 127. The molecule has 9 heteroatoms. The molecule has 0 radical (unpaired) electrons. The summed E-state index contributed by atoms with van der Waals surface area (Å²) >= 11 is 0. The van der Waals surface area contributed by atoms with Gasteiger partial charge < -0.3 is 29.9 Å². The van der Waals surface area contributed by atoms with E-state index in [0.717, 1.165) is 51.3 Å². The van der Waals surface area contributed by atoms with Gasteiger partial charge in [-0.1, -0.05) is 13.0 Å². The van der Waals surface area contributed by atoms with E-state index in [4.69, 9.17) is 9.47 Å². The van der Waals surface area contributed by atoms with Crippen LogP contribution >= 0.6 is 24.0 Å². The predicted molar refractivity (Wildman–Crippen MR) is 132 cm³/mol. The maximum absolute atomic E-state index is 14.6. The Balaban J connectivity index is 0.00000450. The number of benzene rings is 1. The summed E-state index contributed by atoms with van der Waals surface area (Å²) in [5, 5.41) is 6.47. The van der Waals surface area contributed by atoms with Gasteiger partial charge in [0.05, 0.1) is 18.9 Å². The average molecular weight is 537 g/mol. The van der Waals surface area contributed by atoms with Crippen molar-refractivity contribution in [2.24, 2.45) is 4.99 Å². The first kappa shape index (κ1) is 26.9. The number of methoxy groups -OCH3 is 1. The molecule has 1 aromatic carbocycles. The van der Waals surface area contributed by atoms with Gasteiger partial charge in [-0.05, 0) is 30.7 Å². The van der Waals surface area contributed by atoms with Crippen LogP contribution in [0.1, 0.15) is 18.9 Å². The zero-order valence-corrected chi connectivity index (χ0v) is 20.8. The SMILES string of the molecule is CCN1CCN(c2ccc(CNC(=NC)NCCCOCCOC)cc2F)CC1.I. The summed E-state index contributed by atoms with van der Waals surface area (Å²) in [6.07, 6.45) is 0.874. The molecule has 1 aliphatic rings. The quantitative estimate of drug-likeness (QED) is 0.196. The van der Waals surface area contributed by atoms with Gasteiger partial charge in [-0.3, -0.25) is 4.99 Å². The Labute approximate surface area is 197 Å². The highest BCUT2D eigenvalue weighted by molar-refractivity contribution is 14.0. The number of halogens is 2. The van der Waals surface area contributed by atoms with Gasteiger partial charge >= 0.3 is 0 Å². The Morgan fingerprint density at radius 3 is 2.53 bits per heavy atom. The van der Waals surface area contributed by atoms with Gasteiger partial charge in [-0.2, -0.15) is 0 Å². The van der Waals surface area contributed by atoms with Gasteiger partial charge in [-0.15, -0.1) is 24.0 Å². The predicted octanol–water partition coefficient (Wildman–Crippen LogP) is 2.30. The number of guanidine groups is 1. The Morgan fingerprint density at radius 1 is 1.13 bits per heavy atom. The number of anilines is 1. The fourth-order valence-corrected chi connectivity index (χ4v) is 3.25. The number of nitrogens with one attached hydrogen (secondary N) is 2. The van der Waals surface area contributed by atoms with Gasteiger partial charge in [0, 0.05) is 60.0 Å². The van der Waals surface area contributed by atoms with E-state index in [9.17, 15) is 4.39 Å². The van der Waals surface area contributed by atoms with Crippen molar-refractivity contribution in [1.29, 1.82) is 0 Å². The number of nitrogens with zero attached hydrogens (tertiary/aromatic N) is 3. The number of hydrogen-bond acceptors (Lipinski definition) is 5. The van der Waals surface area contributed by atoms with E-state index in [-0.39, 0.29) is 29.8 Å². The van der Waals surface area contributed by atoms with Crippen LogP contribution < -0.4 is 15.5 Å². The fraction of sp³-hybridized carbons (Fsp3) is 0.667. The molecular weight excluding hydrogens is 500 g/mol. The Hall–Kier alpha value is -1.17. The van der Waals surface area contributed by atoms with E-state index >= 15 is 0 Å². The maximum Gasteiger partial charge on any atom is 0.191 e. The summed E-state index contributed by atoms with van der Waals surface area (Å²) < 4.78 is 25.0. The van der Waals surface area contributed by atoms with Crippen LogP contribution in [0.5, 0.6) is 0 Å². The summed E-state index contributed by atoms with van der Waals surface area (Å²) in [6, 6.07) is 5.49. The van der Waals surface area contributed by atoms with Crippen molar-refractivity contribution in [3.8, 4) is 0 Å². The Kier molecular flexibility index (Phi) is 14.0. The molecule has 0 saturated carbocycles. The van der Waals surface area contributed by atoms with Crippen molar-refractivity contribution >= 4 is 35.6 Å². The van der Waals surface area contributed by atoms with Crippen molar-refractivity contribution in [2.45, 2.75) is 19.9 Å². The molecule has 1 saturated heterocycles. The van der Waals surface area contributed by atoms with E-state index in [1.807, 2.05) is 12.1 Å². The third kappa shape index (κ3) is 9.32. The van der Waals surface area contributed by atoms with Gasteiger partial charge in [0.1, 0.15) is 5.82 Å². The van der Waals surface area contributed by atoms with Crippen LogP contribution in [-0.2, 0) is 16.0 Å². The number of rotatable bonds is 11. The van der Waals surface area contributed by atoms with Crippen molar-refractivity contribution in [3.05, 3.63) is 29.6 Å². The van der Waals surface area contributed by atoms with Crippen molar-refractivity contribution in [1.82, 2.24) is 15.5 Å². The fourth-order valence-electron chi connectivity index (χ4n) is 3.25. The monoisotopic (exact) mass is 537 g/mol. The highest BCUT2D eigenvalue weighted by Crippen LogP contribution is 2.22. The lowest BCUT2D eigenvalue weighted by Gasteiger charge is -2.35. The zero-order chi connectivity index (χ0) is 20.9. The molecule has 7 nitrogen and oxygen atoms in total. The van der Waals surface area contributed by atoms with E-state index in [1.54, 1.807) is 20.2 Å². The second kappa shape index (κ2) is 15.6. The minimum atomic E-state index is -0.162. The number of aliphatic imine (C=N–C) groups is 1. The standard InChI is InChI=1S/C21H36FN5O2.HI/c1-4-26-9-11-27(12-10-26)20-7-6-18(16-19(20)22)17-25-21(23-2)24-8-5-13-29-15-14-28-3;/h6-7,16H,4-5,8-15,17H2,1-3H3,(H2,23,24,25);1H. The van der Waals surface area contributed by atoms with E-state index < -0.39 is 0 Å². The van der Waals surface area contributed by atoms with Gasteiger partial charge in [0.15, 0.2) is 5.96 Å². The minimum Gasteiger partial charge on any atom is -0.382 e. The second-order valence-corrected chi connectivity index (χ2v) is 7.02. The highest BCUT2D eigenvalue weighted by Gasteiger charge is 2.18. The maximum atomic E-state index is 14.6. The molecule has 0 unspecified atom stereocenters. The number of likely N-dealkylation sites (N-methyl/N-ethyl adjacent to an activating group) is 1. The van der Waals surface area contributed by atoms with Crippen LogP contribution in [0.2, 0.25) is 0 Å². The minimum absolute atomic E-state index is 0.